The Balaban J connectivity index is 1.60. The average molecular weight is 351 g/mol. The Labute approximate surface area is 143 Å². The van der Waals surface area contributed by atoms with Gasteiger partial charge in [0.15, 0.2) is 0 Å². The molecule has 6 nitrogen and oxygen atoms in total. The lowest BCUT2D eigenvalue weighted by atomic mass is 9.84. The molecule has 1 saturated carbocycles. The van der Waals surface area contributed by atoms with Crippen LogP contribution in [0.1, 0.15) is 32.1 Å². The van der Waals surface area contributed by atoms with Crippen LogP contribution in [-0.4, -0.2) is 44.2 Å². The summed E-state index contributed by atoms with van der Waals surface area (Å²) in [5.41, 5.74) is 0.379. The summed E-state index contributed by atoms with van der Waals surface area (Å²) in [5.74, 6) is 0.629. The van der Waals surface area contributed by atoms with Gasteiger partial charge < -0.3 is 10.2 Å². The average Bonchev–Trinajstić information content (AvgIpc) is 3.31. The molecular formula is C17H25N3O3S. The molecule has 1 aliphatic heterocycles. The van der Waals surface area contributed by atoms with Crippen LogP contribution < -0.4 is 10.0 Å². The molecule has 7 heteroatoms. The van der Waals surface area contributed by atoms with Gasteiger partial charge in [0.05, 0.1) is 6.26 Å². The van der Waals surface area contributed by atoms with Crippen molar-refractivity contribution >= 4 is 21.7 Å². The van der Waals surface area contributed by atoms with Gasteiger partial charge in [0.25, 0.3) is 0 Å². The Morgan fingerprint density at radius 1 is 1.21 bits per heavy atom. The largest absolute Gasteiger partial charge is 0.324 e. The fraction of sp³-hybridized carbons (Fsp3) is 0.588. The zero-order chi connectivity index (χ0) is 17.2. The lowest BCUT2D eigenvalue weighted by Gasteiger charge is -2.42. The number of nitrogens with one attached hydrogen (secondary N) is 2. The summed E-state index contributed by atoms with van der Waals surface area (Å²) in [7, 11) is -3.26. The van der Waals surface area contributed by atoms with Crippen molar-refractivity contribution < 1.29 is 13.2 Å². The molecule has 3 rings (SSSR count). The van der Waals surface area contributed by atoms with Gasteiger partial charge in [-0.3, -0.25) is 0 Å². The highest BCUT2D eigenvalue weighted by molar-refractivity contribution is 7.88. The third-order valence-electron chi connectivity index (χ3n) is 4.81. The van der Waals surface area contributed by atoms with Gasteiger partial charge in [-0.15, -0.1) is 0 Å². The van der Waals surface area contributed by atoms with Crippen LogP contribution in [-0.2, 0) is 10.0 Å². The number of urea groups is 1. The maximum Gasteiger partial charge on any atom is 0.321 e. The molecule has 2 amide bonds. The SMILES string of the molecule is CS(=O)(=O)NC1(CC2CC2)CCN(C(=O)Nc2ccccc2)CC1. The number of rotatable bonds is 5. The van der Waals surface area contributed by atoms with Crippen molar-refractivity contribution in [3.05, 3.63) is 30.3 Å². The van der Waals surface area contributed by atoms with Crippen LogP contribution in [0.3, 0.4) is 0 Å². The number of carbonyl (C=O) groups is 1. The highest BCUT2D eigenvalue weighted by Crippen LogP contribution is 2.40. The van der Waals surface area contributed by atoms with E-state index < -0.39 is 15.6 Å². The second kappa shape index (κ2) is 6.72. The van der Waals surface area contributed by atoms with E-state index in [-0.39, 0.29) is 6.03 Å². The van der Waals surface area contributed by atoms with Gasteiger partial charge in [-0.1, -0.05) is 31.0 Å². The number of hydrogen-bond acceptors (Lipinski definition) is 3. The standard InChI is InChI=1S/C17H25N3O3S/c1-24(22,23)19-17(13-14-7-8-14)9-11-20(12-10-17)16(21)18-15-5-3-2-4-6-15/h2-6,14,19H,7-13H2,1H3,(H,18,21). The van der Waals surface area contributed by atoms with Gasteiger partial charge in [0.1, 0.15) is 0 Å². The zero-order valence-corrected chi connectivity index (χ0v) is 14.8. The Hall–Kier alpha value is -1.60. The van der Waals surface area contributed by atoms with Crippen molar-refractivity contribution in [2.75, 3.05) is 24.7 Å². The molecule has 1 aromatic carbocycles. The first-order valence-corrected chi connectivity index (χ1v) is 10.3. The Kier molecular flexibility index (Phi) is 4.83. The highest BCUT2D eigenvalue weighted by Gasteiger charge is 2.42. The molecule has 0 spiro atoms. The predicted octanol–water partition coefficient (Wildman–Crippen LogP) is 2.40. The lowest BCUT2D eigenvalue weighted by molar-refractivity contribution is 0.154. The summed E-state index contributed by atoms with van der Waals surface area (Å²) in [6, 6.07) is 9.24. The van der Waals surface area contributed by atoms with E-state index in [2.05, 4.69) is 10.0 Å². The number of carbonyl (C=O) groups excluding carboxylic acids is 1. The maximum atomic E-state index is 12.4. The van der Waals surface area contributed by atoms with Crippen molar-refractivity contribution in [1.82, 2.24) is 9.62 Å². The van der Waals surface area contributed by atoms with Crippen LogP contribution in [0.15, 0.2) is 30.3 Å². The molecule has 0 aromatic heterocycles. The van der Waals surface area contributed by atoms with Crippen LogP contribution in [0.4, 0.5) is 10.5 Å². The Morgan fingerprint density at radius 3 is 2.38 bits per heavy atom. The summed E-state index contributed by atoms with van der Waals surface area (Å²) < 4.78 is 26.4. The number of hydrogen-bond donors (Lipinski definition) is 2. The van der Waals surface area contributed by atoms with Crippen molar-refractivity contribution in [3.63, 3.8) is 0 Å². The fourth-order valence-electron chi connectivity index (χ4n) is 3.48. The van der Waals surface area contributed by atoms with Gasteiger partial charge in [0, 0.05) is 24.3 Å². The third-order valence-corrected chi connectivity index (χ3v) is 5.61. The molecule has 0 radical (unpaired) electrons. The van der Waals surface area contributed by atoms with E-state index in [0.29, 0.717) is 31.8 Å². The molecule has 1 aliphatic carbocycles. The van der Waals surface area contributed by atoms with E-state index >= 15 is 0 Å². The maximum absolute atomic E-state index is 12.4. The summed E-state index contributed by atoms with van der Waals surface area (Å²) in [5, 5.41) is 2.89. The number of para-hydroxylation sites is 1. The smallest absolute Gasteiger partial charge is 0.321 e. The number of sulfonamides is 1. The normalized spacial score (nSPS) is 20.6. The number of likely N-dealkylation sites (tertiary alicyclic amines) is 1. The van der Waals surface area contributed by atoms with E-state index in [4.69, 9.17) is 0 Å². The second-order valence-electron chi connectivity index (χ2n) is 7.09. The second-order valence-corrected chi connectivity index (χ2v) is 8.83. The predicted molar refractivity (Wildman–Crippen MR) is 94.3 cm³/mol. The van der Waals surface area contributed by atoms with Crippen LogP contribution in [0.25, 0.3) is 0 Å². The quantitative estimate of drug-likeness (QED) is 0.855. The zero-order valence-electron chi connectivity index (χ0n) is 14.0. The van der Waals surface area contributed by atoms with Crippen molar-refractivity contribution in [1.29, 1.82) is 0 Å². The summed E-state index contributed by atoms with van der Waals surface area (Å²) in [4.78, 5) is 14.1. The highest BCUT2D eigenvalue weighted by atomic mass is 32.2. The van der Waals surface area contributed by atoms with Gasteiger partial charge >= 0.3 is 6.03 Å². The number of anilines is 1. The van der Waals surface area contributed by atoms with Gasteiger partial charge in [-0.2, -0.15) is 0 Å². The first-order valence-electron chi connectivity index (χ1n) is 8.45. The van der Waals surface area contributed by atoms with Crippen molar-refractivity contribution in [3.8, 4) is 0 Å². The molecule has 1 saturated heterocycles. The molecule has 0 bridgehead atoms. The number of benzene rings is 1. The molecule has 0 unspecified atom stereocenters. The van der Waals surface area contributed by atoms with Crippen LogP contribution in [0.5, 0.6) is 0 Å². The number of nitrogens with zero attached hydrogens (tertiary/aromatic N) is 1. The monoisotopic (exact) mass is 351 g/mol. The molecule has 1 heterocycles. The summed E-state index contributed by atoms with van der Waals surface area (Å²) >= 11 is 0. The van der Waals surface area contributed by atoms with E-state index in [1.807, 2.05) is 30.3 Å². The Morgan fingerprint density at radius 2 is 1.83 bits per heavy atom. The lowest BCUT2D eigenvalue weighted by Crippen LogP contribution is -2.56. The first-order chi connectivity index (χ1) is 11.4. The fourth-order valence-corrected chi connectivity index (χ4v) is 4.55. The minimum absolute atomic E-state index is 0.124. The van der Waals surface area contributed by atoms with E-state index in [0.717, 1.165) is 12.1 Å². The molecular weight excluding hydrogens is 326 g/mol. The van der Waals surface area contributed by atoms with E-state index in [1.165, 1.54) is 19.1 Å². The minimum Gasteiger partial charge on any atom is -0.324 e. The molecule has 24 heavy (non-hydrogen) atoms. The molecule has 2 fully saturated rings. The van der Waals surface area contributed by atoms with Gasteiger partial charge in [-0.05, 0) is 37.3 Å². The van der Waals surface area contributed by atoms with E-state index in [1.54, 1.807) is 4.90 Å². The van der Waals surface area contributed by atoms with Gasteiger partial charge in [-0.25, -0.2) is 17.9 Å². The van der Waals surface area contributed by atoms with Crippen molar-refractivity contribution in [2.45, 2.75) is 37.6 Å². The molecule has 2 aliphatic rings. The molecule has 2 N–H and O–H groups in total. The first kappa shape index (κ1) is 17.2. The topological polar surface area (TPSA) is 78.5 Å². The summed E-state index contributed by atoms with van der Waals surface area (Å²) in [6.45, 7) is 1.13. The van der Waals surface area contributed by atoms with Crippen LogP contribution in [0.2, 0.25) is 0 Å². The van der Waals surface area contributed by atoms with Crippen LogP contribution >= 0.6 is 0 Å². The Bertz CT molecular complexity index is 678. The summed E-state index contributed by atoms with van der Waals surface area (Å²) in [6.07, 6.45) is 5.80. The molecule has 1 aromatic rings. The molecule has 132 valence electrons. The minimum atomic E-state index is -3.26. The van der Waals surface area contributed by atoms with Crippen molar-refractivity contribution in [2.24, 2.45) is 5.92 Å². The van der Waals surface area contributed by atoms with E-state index in [9.17, 15) is 13.2 Å². The molecule has 0 atom stereocenters. The third kappa shape index (κ3) is 4.70. The van der Waals surface area contributed by atoms with Crippen LogP contribution in [0, 0.1) is 5.92 Å². The van der Waals surface area contributed by atoms with Gasteiger partial charge in [0.2, 0.25) is 10.0 Å². The number of amides is 2. The number of piperidine rings is 1.